The van der Waals surface area contributed by atoms with Crippen LogP contribution >= 0.6 is 49.6 Å². The van der Waals surface area contributed by atoms with Crippen LogP contribution in [0.3, 0.4) is 0 Å². The van der Waals surface area contributed by atoms with Crippen LogP contribution in [-0.4, -0.2) is 44.5 Å². The highest BCUT2D eigenvalue weighted by Crippen LogP contribution is 2.53. The number of anilines is 2. The Bertz CT molecular complexity index is 1890. The van der Waals surface area contributed by atoms with Crippen molar-refractivity contribution in [3.63, 3.8) is 0 Å². The maximum atomic E-state index is 13.6. The number of nitrogens with one attached hydrogen (secondary N) is 2. The fourth-order valence-corrected chi connectivity index (χ4v) is 12.4. The minimum Gasteiger partial charge on any atom is -0.321 e. The van der Waals surface area contributed by atoms with E-state index in [0.717, 1.165) is 43.3 Å². The highest BCUT2D eigenvalue weighted by molar-refractivity contribution is 8.00. The van der Waals surface area contributed by atoms with Crippen LogP contribution in [0.15, 0.2) is 58.8 Å². The predicted molar refractivity (Wildman–Crippen MR) is 205 cm³/mol. The fraction of sp³-hybridized carbons (Fsp3) is 0.371. The second kappa shape index (κ2) is 17.3. The van der Waals surface area contributed by atoms with Gasteiger partial charge in [0.2, 0.25) is 0 Å². The molecule has 10 nitrogen and oxygen atoms in total. The Kier molecular flexibility index (Phi) is 13.4. The molecule has 50 heavy (non-hydrogen) atoms. The van der Waals surface area contributed by atoms with Crippen molar-refractivity contribution in [2.75, 3.05) is 43.3 Å². The van der Waals surface area contributed by atoms with Crippen molar-refractivity contribution in [2.24, 2.45) is 0 Å². The van der Waals surface area contributed by atoms with Gasteiger partial charge in [0, 0.05) is 21.8 Å². The van der Waals surface area contributed by atoms with E-state index in [4.69, 9.17) is 18.1 Å². The monoisotopic (exact) mass is 776 g/mol. The quantitative estimate of drug-likeness (QED) is 0.0795. The van der Waals surface area contributed by atoms with Crippen LogP contribution in [0.1, 0.15) is 69.3 Å². The van der Waals surface area contributed by atoms with Crippen LogP contribution in [-0.2, 0) is 52.4 Å². The van der Waals surface area contributed by atoms with E-state index in [-0.39, 0.29) is 24.1 Å². The molecule has 0 fully saturated rings. The van der Waals surface area contributed by atoms with E-state index in [9.17, 15) is 18.7 Å². The van der Waals surface area contributed by atoms with Crippen LogP contribution in [0.4, 0.5) is 11.4 Å². The summed E-state index contributed by atoms with van der Waals surface area (Å²) in [5.41, 5.74) is 5.96. The molecular formula is C35H42N2O8P2S3. The van der Waals surface area contributed by atoms with Gasteiger partial charge in [0.1, 0.15) is 0 Å². The lowest BCUT2D eigenvalue weighted by atomic mass is 9.93. The lowest BCUT2D eigenvalue weighted by Crippen LogP contribution is -2.13. The molecule has 0 bridgehead atoms. The van der Waals surface area contributed by atoms with Gasteiger partial charge in [-0.25, -0.2) is 0 Å². The first-order valence-corrected chi connectivity index (χ1v) is 22.7. The smallest absolute Gasteiger partial charge is 0.321 e. The van der Waals surface area contributed by atoms with Gasteiger partial charge in [-0.2, -0.15) is 0 Å². The van der Waals surface area contributed by atoms with Crippen LogP contribution in [0.5, 0.6) is 0 Å². The lowest BCUT2D eigenvalue weighted by Gasteiger charge is -2.17. The first-order chi connectivity index (χ1) is 24.0. The number of hydrogen-bond acceptors (Lipinski definition) is 11. The third kappa shape index (κ3) is 9.26. The number of thiophene rings is 2. The third-order valence-corrected chi connectivity index (χ3v) is 15.4. The number of hydrogen-bond donors (Lipinski definition) is 2. The average Bonchev–Trinajstić information content (AvgIpc) is 3.69. The normalized spacial score (nSPS) is 12.7. The highest BCUT2D eigenvalue weighted by atomic mass is 32.2. The molecule has 5 rings (SSSR count). The van der Waals surface area contributed by atoms with Crippen molar-refractivity contribution in [1.82, 2.24) is 0 Å². The molecule has 2 heterocycles. The maximum Gasteiger partial charge on any atom is 0.335 e. The number of fused-ring (bicyclic) bond motifs is 3. The summed E-state index contributed by atoms with van der Waals surface area (Å²) in [6.07, 6.45) is 3.72. The Labute approximate surface area is 305 Å². The molecule has 0 unspecified atom stereocenters. The molecule has 1 aliphatic carbocycles. The zero-order valence-electron chi connectivity index (χ0n) is 28.7. The summed E-state index contributed by atoms with van der Waals surface area (Å²) < 4.78 is 48.5. The highest BCUT2D eigenvalue weighted by Gasteiger charge is 2.31. The first kappa shape index (κ1) is 38.7. The lowest BCUT2D eigenvalue weighted by molar-refractivity contribution is 0.102. The third-order valence-electron chi connectivity index (χ3n) is 7.75. The molecule has 0 spiro atoms. The molecule has 0 radical (unpaired) electrons. The number of carbonyl (C=O) groups is 2. The summed E-state index contributed by atoms with van der Waals surface area (Å²) in [7, 11) is -6.47. The molecule has 2 aromatic heterocycles. The second-order valence-electron chi connectivity index (χ2n) is 11.3. The minimum absolute atomic E-state index is 0.154. The molecule has 0 aliphatic heterocycles. The molecule has 0 atom stereocenters. The topological polar surface area (TPSA) is 129 Å². The Morgan fingerprint density at radius 3 is 1.66 bits per heavy atom. The number of amides is 2. The number of aryl methyl sites for hydroxylation is 1. The summed E-state index contributed by atoms with van der Waals surface area (Å²) in [5.74, 6) is -0.400. The maximum absolute atomic E-state index is 13.6. The molecule has 15 heteroatoms. The van der Waals surface area contributed by atoms with E-state index in [1.807, 2.05) is 36.6 Å². The van der Waals surface area contributed by atoms with E-state index in [2.05, 4.69) is 10.6 Å². The van der Waals surface area contributed by atoms with Crippen molar-refractivity contribution >= 4 is 72.8 Å². The predicted octanol–water partition coefficient (Wildman–Crippen LogP) is 10.3. The van der Waals surface area contributed by atoms with E-state index in [0.29, 0.717) is 54.0 Å². The van der Waals surface area contributed by atoms with E-state index in [1.54, 1.807) is 63.7 Å². The molecule has 2 N–H and O–H groups in total. The van der Waals surface area contributed by atoms with Gasteiger partial charge in [-0.05, 0) is 99.4 Å². The van der Waals surface area contributed by atoms with Gasteiger partial charge in [-0.3, -0.25) is 18.7 Å². The van der Waals surface area contributed by atoms with Crippen LogP contribution < -0.4 is 10.6 Å². The summed E-state index contributed by atoms with van der Waals surface area (Å²) >= 11 is 4.50. The summed E-state index contributed by atoms with van der Waals surface area (Å²) in [4.78, 5) is 29.3. The van der Waals surface area contributed by atoms with E-state index in [1.165, 1.54) is 22.7 Å². The minimum atomic E-state index is -3.24. The zero-order valence-corrected chi connectivity index (χ0v) is 33.0. The van der Waals surface area contributed by atoms with Gasteiger partial charge < -0.3 is 28.7 Å². The van der Waals surface area contributed by atoms with Crippen LogP contribution in [0.25, 0.3) is 10.4 Å². The Balaban J connectivity index is 1.28. The Hall–Kier alpha value is -2.57. The van der Waals surface area contributed by atoms with Gasteiger partial charge in [-0.15, -0.1) is 34.4 Å². The molecule has 0 saturated heterocycles. The first-order valence-electron chi connectivity index (χ1n) is 16.4. The van der Waals surface area contributed by atoms with Gasteiger partial charge >= 0.3 is 15.2 Å². The van der Waals surface area contributed by atoms with Gasteiger partial charge in [0.25, 0.3) is 11.8 Å². The molecule has 4 aromatic rings. The van der Waals surface area contributed by atoms with Crippen molar-refractivity contribution in [3.05, 3.63) is 86.6 Å². The molecular weight excluding hydrogens is 735 g/mol. The summed E-state index contributed by atoms with van der Waals surface area (Å²) in [5, 5.41) is 6.01. The Morgan fingerprint density at radius 2 is 1.20 bits per heavy atom. The number of benzene rings is 2. The number of thioether (sulfide) groups is 1. The van der Waals surface area contributed by atoms with Gasteiger partial charge in [0.15, 0.2) is 0 Å². The summed E-state index contributed by atoms with van der Waals surface area (Å²) in [6, 6.07) is 16.4. The van der Waals surface area contributed by atoms with E-state index < -0.39 is 15.2 Å². The standard InChI is InChI=1S/C35H42N2O8P2S3/c1-6-42-46(40,43-7-2)21-23-10-15-26(16-11-23)36-33(38)29-20-25-14-19-28-30(31(25)49-29)35(48-5)50-32(28)34(39)37-27-17-12-24(13-18-27)22-47(41,44-8-3)45-9-4/h10-13,15-18,20H,6-9,14,19,21-22H2,1-5H3,(H,36,38)(H,37,39). The fourth-order valence-electron chi connectivity index (χ4n) is 5.69. The van der Waals surface area contributed by atoms with Crippen molar-refractivity contribution in [1.29, 1.82) is 0 Å². The molecule has 2 aromatic carbocycles. The van der Waals surface area contributed by atoms with Gasteiger partial charge in [-0.1, -0.05) is 24.3 Å². The SMILES string of the molecule is CCOP(=O)(Cc1ccc(NC(=O)c2cc3c(s2)-c2c(SC)sc(C(=O)Nc4ccc(CP(=O)(OCC)OCC)cc4)c2CC3)cc1)OCC. The Morgan fingerprint density at radius 1 is 0.720 bits per heavy atom. The largest absolute Gasteiger partial charge is 0.335 e. The average molecular weight is 777 g/mol. The van der Waals surface area contributed by atoms with Crippen LogP contribution in [0, 0.1) is 0 Å². The van der Waals surface area contributed by atoms with Crippen molar-refractivity contribution in [3.8, 4) is 10.4 Å². The van der Waals surface area contributed by atoms with Crippen molar-refractivity contribution in [2.45, 2.75) is 57.1 Å². The molecule has 1 aliphatic rings. The molecule has 268 valence electrons. The number of rotatable bonds is 17. The van der Waals surface area contributed by atoms with E-state index >= 15 is 0 Å². The molecule has 0 saturated carbocycles. The van der Waals surface area contributed by atoms with Crippen LogP contribution in [0.2, 0.25) is 0 Å². The van der Waals surface area contributed by atoms with Gasteiger partial charge in [0.05, 0.1) is 52.7 Å². The zero-order chi connectivity index (χ0) is 35.9. The summed E-state index contributed by atoms with van der Waals surface area (Å²) in [6.45, 7) is 8.30. The second-order valence-corrected chi connectivity index (χ2v) is 18.5. The number of carbonyl (C=O) groups excluding carboxylic acids is 2. The molecule has 2 amide bonds. The van der Waals surface area contributed by atoms with Crippen molar-refractivity contribution < 1.29 is 36.8 Å².